The van der Waals surface area contributed by atoms with E-state index < -0.39 is 0 Å². The number of nitrogens with zero attached hydrogens (tertiary/aromatic N) is 1. The van der Waals surface area contributed by atoms with E-state index in [0.717, 1.165) is 32.5 Å². The van der Waals surface area contributed by atoms with Gasteiger partial charge >= 0.3 is 0 Å². The molecule has 100 valence electrons. The Balaban J connectivity index is 1.83. The third-order valence-corrected chi connectivity index (χ3v) is 3.94. The zero-order valence-electron chi connectivity index (χ0n) is 10.8. The molecule has 1 aromatic carbocycles. The number of halogens is 2. The van der Waals surface area contributed by atoms with Crippen LogP contribution in [-0.2, 0) is 6.54 Å². The Labute approximate surface area is 113 Å². The van der Waals surface area contributed by atoms with E-state index in [-0.39, 0.29) is 10.8 Å². The molecule has 1 aliphatic rings. The van der Waals surface area contributed by atoms with Crippen LogP contribution in [-0.4, -0.2) is 30.6 Å². The maximum absolute atomic E-state index is 13.7. The second kappa shape index (κ2) is 6.50. The predicted molar refractivity (Wildman–Crippen MR) is 73.4 cm³/mol. The van der Waals surface area contributed by atoms with E-state index in [0.29, 0.717) is 18.2 Å². The molecule has 1 aromatic rings. The molecular formula is C14H20ClFN2. The van der Waals surface area contributed by atoms with Gasteiger partial charge in [-0.3, -0.25) is 0 Å². The van der Waals surface area contributed by atoms with Crippen molar-refractivity contribution in [2.45, 2.75) is 32.4 Å². The standard InChI is InChI=1S/C14H20ClFN2/c1-2-18-8-6-12(7-9-18)17-10-11-4-3-5-13(15)14(11)16/h3-5,12,17H,2,6-10H2,1H3. The van der Waals surface area contributed by atoms with Gasteiger partial charge in [0.15, 0.2) is 0 Å². The smallest absolute Gasteiger partial charge is 0.146 e. The fraction of sp³-hybridized carbons (Fsp3) is 0.571. The van der Waals surface area contributed by atoms with Gasteiger partial charge in [-0.15, -0.1) is 0 Å². The highest BCUT2D eigenvalue weighted by molar-refractivity contribution is 6.30. The highest BCUT2D eigenvalue weighted by Gasteiger charge is 2.17. The van der Waals surface area contributed by atoms with Crippen LogP contribution in [0.15, 0.2) is 18.2 Å². The minimum atomic E-state index is -0.294. The molecular weight excluding hydrogens is 251 g/mol. The summed E-state index contributed by atoms with van der Waals surface area (Å²) in [5, 5.41) is 3.63. The first-order valence-electron chi connectivity index (χ1n) is 6.59. The minimum absolute atomic E-state index is 0.204. The van der Waals surface area contributed by atoms with Gasteiger partial charge in [-0.25, -0.2) is 4.39 Å². The summed E-state index contributed by atoms with van der Waals surface area (Å²) in [5.41, 5.74) is 0.653. The van der Waals surface area contributed by atoms with Crippen molar-refractivity contribution in [1.82, 2.24) is 10.2 Å². The number of rotatable bonds is 4. The molecule has 1 saturated heterocycles. The highest BCUT2D eigenvalue weighted by Crippen LogP contribution is 2.18. The normalized spacial score (nSPS) is 18.2. The molecule has 0 atom stereocenters. The fourth-order valence-corrected chi connectivity index (χ4v) is 2.59. The maximum Gasteiger partial charge on any atom is 0.146 e. The molecule has 0 bridgehead atoms. The van der Waals surface area contributed by atoms with Gasteiger partial charge in [0.1, 0.15) is 5.82 Å². The van der Waals surface area contributed by atoms with Crippen LogP contribution in [0.25, 0.3) is 0 Å². The second-order valence-corrected chi connectivity index (χ2v) is 5.21. The molecule has 0 spiro atoms. The zero-order chi connectivity index (χ0) is 13.0. The van der Waals surface area contributed by atoms with Gasteiger partial charge in [0.2, 0.25) is 0 Å². The fourth-order valence-electron chi connectivity index (χ4n) is 2.39. The van der Waals surface area contributed by atoms with Crippen molar-refractivity contribution >= 4 is 11.6 Å². The van der Waals surface area contributed by atoms with Gasteiger partial charge in [-0.05, 0) is 38.5 Å². The van der Waals surface area contributed by atoms with E-state index in [1.54, 1.807) is 18.2 Å². The van der Waals surface area contributed by atoms with Crippen molar-refractivity contribution in [2.24, 2.45) is 0 Å². The SMILES string of the molecule is CCN1CCC(NCc2cccc(Cl)c2F)CC1. The van der Waals surface area contributed by atoms with E-state index in [2.05, 4.69) is 17.1 Å². The van der Waals surface area contributed by atoms with Crippen molar-refractivity contribution in [3.05, 3.63) is 34.6 Å². The van der Waals surface area contributed by atoms with Crippen LogP contribution in [0.1, 0.15) is 25.3 Å². The molecule has 0 amide bonds. The summed E-state index contributed by atoms with van der Waals surface area (Å²) in [7, 11) is 0. The van der Waals surface area contributed by atoms with Crippen molar-refractivity contribution in [3.8, 4) is 0 Å². The average molecular weight is 271 g/mol. The Bertz CT molecular complexity index is 389. The average Bonchev–Trinajstić information content (AvgIpc) is 2.41. The molecule has 0 saturated carbocycles. The van der Waals surface area contributed by atoms with Gasteiger partial charge in [0, 0.05) is 18.2 Å². The number of likely N-dealkylation sites (tertiary alicyclic amines) is 1. The third kappa shape index (κ3) is 3.44. The first kappa shape index (κ1) is 13.8. The molecule has 4 heteroatoms. The van der Waals surface area contributed by atoms with E-state index >= 15 is 0 Å². The topological polar surface area (TPSA) is 15.3 Å². The Hall–Kier alpha value is -0.640. The van der Waals surface area contributed by atoms with Gasteiger partial charge in [0.25, 0.3) is 0 Å². The Morgan fingerprint density at radius 3 is 2.78 bits per heavy atom. The van der Waals surface area contributed by atoms with E-state index in [9.17, 15) is 4.39 Å². The van der Waals surface area contributed by atoms with Gasteiger partial charge in [0.05, 0.1) is 5.02 Å². The van der Waals surface area contributed by atoms with Gasteiger partial charge < -0.3 is 10.2 Å². The third-order valence-electron chi connectivity index (χ3n) is 3.65. The van der Waals surface area contributed by atoms with Crippen LogP contribution >= 0.6 is 11.6 Å². The molecule has 1 heterocycles. The molecule has 0 radical (unpaired) electrons. The Morgan fingerprint density at radius 1 is 1.39 bits per heavy atom. The number of hydrogen-bond acceptors (Lipinski definition) is 2. The molecule has 1 aliphatic heterocycles. The lowest BCUT2D eigenvalue weighted by atomic mass is 10.0. The molecule has 0 unspecified atom stereocenters. The lowest BCUT2D eigenvalue weighted by Crippen LogP contribution is -2.42. The highest BCUT2D eigenvalue weighted by atomic mass is 35.5. The lowest BCUT2D eigenvalue weighted by molar-refractivity contribution is 0.205. The molecule has 0 aromatic heterocycles. The summed E-state index contributed by atoms with van der Waals surface area (Å²) < 4.78 is 13.7. The zero-order valence-corrected chi connectivity index (χ0v) is 11.5. The van der Waals surface area contributed by atoms with Crippen molar-refractivity contribution in [1.29, 1.82) is 0 Å². The molecule has 1 fully saturated rings. The van der Waals surface area contributed by atoms with Crippen molar-refractivity contribution < 1.29 is 4.39 Å². The lowest BCUT2D eigenvalue weighted by Gasteiger charge is -2.31. The summed E-state index contributed by atoms with van der Waals surface area (Å²) >= 11 is 5.76. The van der Waals surface area contributed by atoms with Gasteiger partial charge in [-0.2, -0.15) is 0 Å². The second-order valence-electron chi connectivity index (χ2n) is 4.80. The predicted octanol–water partition coefficient (Wildman–Crippen LogP) is 3.05. The first-order chi connectivity index (χ1) is 8.70. The summed E-state index contributed by atoms with van der Waals surface area (Å²) in [5.74, 6) is -0.294. The largest absolute Gasteiger partial charge is 0.310 e. The minimum Gasteiger partial charge on any atom is -0.310 e. The number of piperidine rings is 1. The number of nitrogens with one attached hydrogen (secondary N) is 1. The van der Waals surface area contributed by atoms with E-state index in [1.165, 1.54) is 0 Å². The molecule has 2 nitrogen and oxygen atoms in total. The number of hydrogen-bond donors (Lipinski definition) is 1. The van der Waals surface area contributed by atoms with E-state index in [1.807, 2.05) is 0 Å². The Kier molecular flexibility index (Phi) is 4.98. The molecule has 18 heavy (non-hydrogen) atoms. The molecule has 0 aliphatic carbocycles. The molecule has 2 rings (SSSR count). The van der Waals surface area contributed by atoms with Crippen LogP contribution in [0.5, 0.6) is 0 Å². The van der Waals surface area contributed by atoms with Crippen LogP contribution < -0.4 is 5.32 Å². The van der Waals surface area contributed by atoms with Crippen LogP contribution in [0.4, 0.5) is 4.39 Å². The maximum atomic E-state index is 13.7. The van der Waals surface area contributed by atoms with E-state index in [4.69, 9.17) is 11.6 Å². The number of benzene rings is 1. The summed E-state index contributed by atoms with van der Waals surface area (Å²) in [6.45, 7) is 6.13. The van der Waals surface area contributed by atoms with Gasteiger partial charge in [-0.1, -0.05) is 30.7 Å². The Morgan fingerprint density at radius 2 is 2.11 bits per heavy atom. The van der Waals surface area contributed by atoms with Crippen LogP contribution in [0.2, 0.25) is 5.02 Å². The van der Waals surface area contributed by atoms with Crippen molar-refractivity contribution in [2.75, 3.05) is 19.6 Å². The van der Waals surface area contributed by atoms with Crippen LogP contribution in [0.3, 0.4) is 0 Å². The first-order valence-corrected chi connectivity index (χ1v) is 6.97. The summed E-state index contributed by atoms with van der Waals surface area (Å²) in [6, 6.07) is 5.66. The van der Waals surface area contributed by atoms with Crippen LogP contribution in [0, 0.1) is 5.82 Å². The molecule has 1 N–H and O–H groups in total. The summed E-state index contributed by atoms with van der Waals surface area (Å²) in [4.78, 5) is 2.44. The monoisotopic (exact) mass is 270 g/mol. The van der Waals surface area contributed by atoms with Crippen molar-refractivity contribution in [3.63, 3.8) is 0 Å². The summed E-state index contributed by atoms with van der Waals surface area (Å²) in [6.07, 6.45) is 2.27. The quantitative estimate of drug-likeness (QED) is 0.905.